The Hall–Kier alpha value is -2.35. The predicted molar refractivity (Wildman–Crippen MR) is 69.0 cm³/mol. The first kappa shape index (κ1) is 15.0. The van der Waals surface area contributed by atoms with E-state index in [-0.39, 0.29) is 0 Å². The zero-order chi connectivity index (χ0) is 15.6. The molecule has 0 saturated carbocycles. The van der Waals surface area contributed by atoms with Crippen molar-refractivity contribution in [1.82, 2.24) is 0 Å². The van der Waals surface area contributed by atoms with Crippen LogP contribution in [0.5, 0.6) is 0 Å². The molecule has 1 amide bonds. The van der Waals surface area contributed by atoms with Crippen molar-refractivity contribution in [2.24, 2.45) is 0 Å². The molecule has 2 rings (SSSR count). The molecule has 0 spiro atoms. The Bertz CT molecular complexity index is 786. The van der Waals surface area contributed by atoms with Crippen LogP contribution in [0.4, 0.5) is 18.4 Å². The normalized spacial score (nSPS) is 11.2. The van der Waals surface area contributed by atoms with Gasteiger partial charge in [-0.15, -0.1) is 3.89 Å². The molecule has 0 saturated heterocycles. The number of anilines is 1. The van der Waals surface area contributed by atoms with Gasteiger partial charge in [0.1, 0.15) is 22.1 Å². The first-order valence-corrected chi connectivity index (χ1v) is 6.98. The molecule has 0 aliphatic rings. The third-order valence-corrected chi connectivity index (χ3v) is 3.47. The average Bonchev–Trinajstić information content (AvgIpc) is 2.37. The summed E-state index contributed by atoms with van der Waals surface area (Å²) in [5.74, 6) is -3.46. The van der Waals surface area contributed by atoms with Crippen molar-refractivity contribution in [2.45, 2.75) is 4.90 Å². The summed E-state index contributed by atoms with van der Waals surface area (Å²) in [5, 5.41) is 1.98. The number of para-hydroxylation sites is 1. The second-order valence-corrected chi connectivity index (χ2v) is 5.30. The SMILES string of the molecule is O=C(Nc1ccccc1S(=O)(=O)F)c1c(F)cccc1F. The molecule has 2 aromatic carbocycles. The highest BCUT2D eigenvalue weighted by atomic mass is 32.3. The van der Waals surface area contributed by atoms with Gasteiger partial charge in [0.05, 0.1) is 5.69 Å². The number of nitrogens with one attached hydrogen (secondary N) is 1. The molecule has 0 fully saturated rings. The lowest BCUT2D eigenvalue weighted by Gasteiger charge is -2.09. The van der Waals surface area contributed by atoms with Gasteiger partial charge in [0.25, 0.3) is 5.91 Å². The number of hydrogen-bond donors (Lipinski definition) is 1. The van der Waals surface area contributed by atoms with Crippen molar-refractivity contribution in [3.8, 4) is 0 Å². The molecule has 0 unspecified atom stereocenters. The Kier molecular flexibility index (Phi) is 3.99. The van der Waals surface area contributed by atoms with E-state index in [1.54, 1.807) is 0 Å². The minimum absolute atomic E-state index is 0.410. The molecule has 21 heavy (non-hydrogen) atoms. The fraction of sp³-hybridized carbons (Fsp3) is 0. The van der Waals surface area contributed by atoms with E-state index < -0.39 is 43.9 Å². The molecule has 0 bridgehead atoms. The summed E-state index contributed by atoms with van der Waals surface area (Å²) < 4.78 is 61.8. The lowest BCUT2D eigenvalue weighted by atomic mass is 10.2. The third-order valence-electron chi connectivity index (χ3n) is 2.59. The highest BCUT2D eigenvalue weighted by molar-refractivity contribution is 7.86. The quantitative estimate of drug-likeness (QED) is 0.886. The molecule has 0 radical (unpaired) electrons. The second-order valence-electron chi connectivity index (χ2n) is 3.98. The minimum Gasteiger partial charge on any atom is -0.321 e. The number of hydrogen-bond acceptors (Lipinski definition) is 3. The van der Waals surface area contributed by atoms with Crippen molar-refractivity contribution in [1.29, 1.82) is 0 Å². The number of carbonyl (C=O) groups is 1. The highest BCUT2D eigenvalue weighted by Crippen LogP contribution is 2.24. The molecule has 110 valence electrons. The number of benzene rings is 2. The first-order valence-electron chi connectivity index (χ1n) is 5.60. The van der Waals surface area contributed by atoms with Crippen LogP contribution in [0.1, 0.15) is 10.4 Å². The zero-order valence-electron chi connectivity index (χ0n) is 10.3. The summed E-state index contributed by atoms with van der Waals surface area (Å²) in [6.45, 7) is 0. The first-order chi connectivity index (χ1) is 9.80. The molecule has 4 nitrogen and oxygen atoms in total. The van der Waals surface area contributed by atoms with Gasteiger partial charge in [-0.25, -0.2) is 8.78 Å². The van der Waals surface area contributed by atoms with Crippen LogP contribution >= 0.6 is 0 Å². The average molecular weight is 315 g/mol. The van der Waals surface area contributed by atoms with Crippen LogP contribution in [-0.4, -0.2) is 14.3 Å². The smallest absolute Gasteiger partial charge is 0.321 e. The van der Waals surface area contributed by atoms with Gasteiger partial charge >= 0.3 is 10.2 Å². The molecule has 8 heteroatoms. The minimum atomic E-state index is -5.08. The van der Waals surface area contributed by atoms with Gasteiger partial charge in [-0.1, -0.05) is 18.2 Å². The van der Waals surface area contributed by atoms with Crippen LogP contribution in [0.2, 0.25) is 0 Å². The van der Waals surface area contributed by atoms with Crippen LogP contribution in [0.3, 0.4) is 0 Å². The van der Waals surface area contributed by atoms with Crippen molar-refractivity contribution in [3.63, 3.8) is 0 Å². The molecule has 0 aromatic heterocycles. The van der Waals surface area contributed by atoms with E-state index in [2.05, 4.69) is 0 Å². The molecule has 0 atom stereocenters. The van der Waals surface area contributed by atoms with Crippen molar-refractivity contribution in [2.75, 3.05) is 5.32 Å². The maximum Gasteiger partial charge on any atom is 0.334 e. The maximum atomic E-state index is 13.4. The summed E-state index contributed by atoms with van der Waals surface area (Å²) in [5.41, 5.74) is -1.30. The van der Waals surface area contributed by atoms with E-state index in [0.717, 1.165) is 30.3 Å². The largest absolute Gasteiger partial charge is 0.334 e. The molecule has 0 aliphatic carbocycles. The van der Waals surface area contributed by atoms with E-state index in [0.29, 0.717) is 0 Å². The number of halogens is 3. The Morgan fingerprint density at radius 2 is 1.52 bits per heavy atom. The van der Waals surface area contributed by atoms with Crippen molar-refractivity contribution in [3.05, 3.63) is 59.7 Å². The Morgan fingerprint density at radius 1 is 0.952 bits per heavy atom. The van der Waals surface area contributed by atoms with Gasteiger partial charge in [-0.3, -0.25) is 4.79 Å². The van der Waals surface area contributed by atoms with E-state index in [1.807, 2.05) is 5.32 Å². The summed E-state index contributed by atoms with van der Waals surface area (Å²) in [4.78, 5) is 11.0. The summed E-state index contributed by atoms with van der Waals surface area (Å²) in [6, 6.07) is 7.41. The number of amides is 1. The fourth-order valence-corrected chi connectivity index (χ4v) is 2.30. The van der Waals surface area contributed by atoms with Crippen LogP contribution in [0, 0.1) is 11.6 Å². The predicted octanol–water partition coefficient (Wildman–Crippen LogP) is 2.88. The van der Waals surface area contributed by atoms with Crippen molar-refractivity contribution < 1.29 is 25.9 Å². The molecular formula is C13H8F3NO3S. The van der Waals surface area contributed by atoms with Gasteiger partial charge in [-0.05, 0) is 24.3 Å². The van der Waals surface area contributed by atoms with Crippen molar-refractivity contribution >= 4 is 21.8 Å². The van der Waals surface area contributed by atoms with E-state index in [1.165, 1.54) is 12.1 Å². The molecule has 1 N–H and O–H groups in total. The topological polar surface area (TPSA) is 63.2 Å². The van der Waals surface area contributed by atoms with Crippen LogP contribution < -0.4 is 5.32 Å². The lowest BCUT2D eigenvalue weighted by Crippen LogP contribution is -2.17. The molecule has 0 aliphatic heterocycles. The number of carbonyl (C=O) groups excluding carboxylic acids is 1. The second kappa shape index (κ2) is 5.57. The van der Waals surface area contributed by atoms with Gasteiger partial charge in [0, 0.05) is 0 Å². The molecular weight excluding hydrogens is 307 g/mol. The summed E-state index contributed by atoms with van der Waals surface area (Å²) in [7, 11) is -5.08. The Morgan fingerprint density at radius 3 is 2.10 bits per heavy atom. The van der Waals surface area contributed by atoms with Gasteiger partial charge in [-0.2, -0.15) is 8.42 Å². The summed E-state index contributed by atoms with van der Waals surface area (Å²) >= 11 is 0. The van der Waals surface area contributed by atoms with Gasteiger partial charge in [0.15, 0.2) is 0 Å². The Balaban J connectivity index is 2.42. The van der Waals surface area contributed by atoms with E-state index >= 15 is 0 Å². The standard InChI is InChI=1S/C13H8F3NO3S/c14-8-4-3-5-9(15)12(8)13(18)17-10-6-1-2-7-11(10)21(16,19)20/h1-7H,(H,17,18). The Labute approximate surface area is 118 Å². The fourth-order valence-electron chi connectivity index (χ4n) is 1.68. The van der Waals surface area contributed by atoms with Gasteiger partial charge < -0.3 is 5.32 Å². The maximum absolute atomic E-state index is 13.4. The van der Waals surface area contributed by atoms with Gasteiger partial charge in [0.2, 0.25) is 0 Å². The third kappa shape index (κ3) is 3.22. The van der Waals surface area contributed by atoms with Crippen LogP contribution in [-0.2, 0) is 10.2 Å². The van der Waals surface area contributed by atoms with E-state index in [4.69, 9.17) is 0 Å². The molecule has 0 heterocycles. The molecule has 2 aromatic rings. The van der Waals surface area contributed by atoms with Crippen LogP contribution in [0.15, 0.2) is 47.4 Å². The van der Waals surface area contributed by atoms with Crippen LogP contribution in [0.25, 0.3) is 0 Å². The lowest BCUT2D eigenvalue weighted by molar-refractivity contribution is 0.101. The highest BCUT2D eigenvalue weighted by Gasteiger charge is 2.21. The number of rotatable bonds is 3. The van der Waals surface area contributed by atoms with E-state index in [9.17, 15) is 25.9 Å². The zero-order valence-corrected chi connectivity index (χ0v) is 11.1. The summed E-state index contributed by atoms with van der Waals surface area (Å²) in [6.07, 6.45) is 0. The monoisotopic (exact) mass is 315 g/mol.